The molecule has 1 atom stereocenters. The molecule has 4 amide bonds. The standard InChI is InChI=1S/C27H32FN3O5/c1-35-14-13-31-25(33)27(29-26(31)34,18-20-6-3-7-22(28)15-20)21-9-11-30(12-10-21)24(32)17-19-5-4-8-23(16-19)36-2/h3-8,15-16,21H,9-14,17-18H2,1-2H3,(H,29,34). The van der Waals surface area contributed by atoms with Crippen molar-refractivity contribution in [3.8, 4) is 5.75 Å². The van der Waals surface area contributed by atoms with Crippen LogP contribution in [0.4, 0.5) is 9.18 Å². The molecule has 2 saturated heterocycles. The van der Waals surface area contributed by atoms with Crippen LogP contribution in [0.1, 0.15) is 24.0 Å². The Labute approximate surface area is 210 Å². The average molecular weight is 498 g/mol. The summed E-state index contributed by atoms with van der Waals surface area (Å²) in [6, 6.07) is 13.1. The monoisotopic (exact) mass is 497 g/mol. The number of rotatable bonds is 9. The van der Waals surface area contributed by atoms with Crippen molar-refractivity contribution in [1.29, 1.82) is 0 Å². The molecule has 2 fully saturated rings. The molecule has 1 unspecified atom stereocenters. The quantitative estimate of drug-likeness (QED) is 0.539. The highest BCUT2D eigenvalue weighted by Gasteiger charge is 2.55. The molecule has 2 aliphatic rings. The van der Waals surface area contributed by atoms with E-state index in [0.29, 0.717) is 37.2 Å². The highest BCUT2D eigenvalue weighted by Crippen LogP contribution is 2.36. The number of imide groups is 1. The first-order chi connectivity index (χ1) is 17.4. The Hall–Kier alpha value is -3.46. The number of benzene rings is 2. The van der Waals surface area contributed by atoms with Gasteiger partial charge in [-0.25, -0.2) is 9.18 Å². The van der Waals surface area contributed by atoms with Crippen LogP contribution in [0.15, 0.2) is 48.5 Å². The first-order valence-electron chi connectivity index (χ1n) is 12.1. The van der Waals surface area contributed by atoms with Gasteiger partial charge in [-0.05, 0) is 54.2 Å². The number of carbonyl (C=O) groups is 3. The molecule has 0 spiro atoms. The molecule has 0 saturated carbocycles. The van der Waals surface area contributed by atoms with Crippen LogP contribution in [-0.4, -0.2) is 73.6 Å². The van der Waals surface area contributed by atoms with E-state index in [9.17, 15) is 18.8 Å². The van der Waals surface area contributed by atoms with E-state index in [1.54, 1.807) is 24.1 Å². The third-order valence-corrected chi connectivity index (χ3v) is 7.13. The molecule has 0 aromatic heterocycles. The van der Waals surface area contributed by atoms with Gasteiger partial charge in [-0.2, -0.15) is 0 Å². The van der Waals surface area contributed by atoms with Gasteiger partial charge in [0.1, 0.15) is 17.1 Å². The predicted molar refractivity (Wildman–Crippen MR) is 131 cm³/mol. The number of nitrogens with one attached hydrogen (secondary N) is 1. The van der Waals surface area contributed by atoms with Gasteiger partial charge in [0, 0.05) is 26.6 Å². The summed E-state index contributed by atoms with van der Waals surface area (Å²) in [5.41, 5.74) is 0.311. The fourth-order valence-corrected chi connectivity index (χ4v) is 5.23. The maximum absolute atomic E-state index is 13.9. The summed E-state index contributed by atoms with van der Waals surface area (Å²) in [5, 5.41) is 2.95. The predicted octanol–water partition coefficient (Wildman–Crippen LogP) is 2.80. The fraction of sp³-hybridized carbons (Fsp3) is 0.444. The van der Waals surface area contributed by atoms with Crippen molar-refractivity contribution in [2.24, 2.45) is 5.92 Å². The fourth-order valence-electron chi connectivity index (χ4n) is 5.23. The highest BCUT2D eigenvalue weighted by atomic mass is 19.1. The summed E-state index contributed by atoms with van der Waals surface area (Å²) in [6.07, 6.45) is 1.53. The van der Waals surface area contributed by atoms with Crippen molar-refractivity contribution in [2.75, 3.05) is 40.5 Å². The Morgan fingerprint density at radius 2 is 1.81 bits per heavy atom. The number of halogens is 1. The van der Waals surface area contributed by atoms with Crippen LogP contribution in [0, 0.1) is 11.7 Å². The largest absolute Gasteiger partial charge is 0.497 e. The van der Waals surface area contributed by atoms with Crippen LogP contribution in [-0.2, 0) is 27.2 Å². The van der Waals surface area contributed by atoms with E-state index < -0.39 is 17.4 Å². The second-order valence-corrected chi connectivity index (χ2v) is 9.34. The van der Waals surface area contributed by atoms with Crippen LogP contribution >= 0.6 is 0 Å². The summed E-state index contributed by atoms with van der Waals surface area (Å²) in [5.74, 6) is -0.217. The minimum atomic E-state index is -1.19. The average Bonchev–Trinajstić information content (AvgIpc) is 3.12. The molecule has 0 radical (unpaired) electrons. The van der Waals surface area contributed by atoms with E-state index in [0.717, 1.165) is 5.56 Å². The molecule has 0 bridgehead atoms. The van der Waals surface area contributed by atoms with Gasteiger partial charge in [0.2, 0.25) is 5.91 Å². The van der Waals surface area contributed by atoms with Gasteiger partial charge >= 0.3 is 6.03 Å². The number of hydrogen-bond acceptors (Lipinski definition) is 5. The van der Waals surface area contributed by atoms with Crippen LogP contribution in [0.5, 0.6) is 5.75 Å². The number of methoxy groups -OCH3 is 2. The summed E-state index contributed by atoms with van der Waals surface area (Å²) in [4.78, 5) is 42.4. The lowest BCUT2D eigenvalue weighted by Crippen LogP contribution is -2.58. The van der Waals surface area contributed by atoms with Gasteiger partial charge in [-0.3, -0.25) is 14.5 Å². The van der Waals surface area contributed by atoms with E-state index in [1.807, 2.05) is 24.3 Å². The summed E-state index contributed by atoms with van der Waals surface area (Å²) >= 11 is 0. The van der Waals surface area contributed by atoms with E-state index in [2.05, 4.69) is 5.32 Å². The Morgan fingerprint density at radius 1 is 1.08 bits per heavy atom. The van der Waals surface area contributed by atoms with Gasteiger partial charge in [-0.1, -0.05) is 24.3 Å². The molecular weight excluding hydrogens is 465 g/mol. The molecule has 4 rings (SSSR count). The van der Waals surface area contributed by atoms with E-state index in [-0.39, 0.29) is 43.7 Å². The second-order valence-electron chi connectivity index (χ2n) is 9.34. The Morgan fingerprint density at radius 3 is 2.50 bits per heavy atom. The van der Waals surface area contributed by atoms with E-state index in [1.165, 1.54) is 24.1 Å². The molecule has 8 nitrogen and oxygen atoms in total. The molecule has 2 aliphatic heterocycles. The molecule has 1 N–H and O–H groups in total. The first kappa shape index (κ1) is 25.6. The molecule has 0 aliphatic carbocycles. The zero-order valence-corrected chi connectivity index (χ0v) is 20.7. The SMILES string of the molecule is COCCN1C(=O)NC(Cc2cccc(F)c2)(C2CCN(C(=O)Cc3cccc(OC)c3)CC2)C1=O. The number of amides is 4. The van der Waals surface area contributed by atoms with Gasteiger partial charge in [-0.15, -0.1) is 0 Å². The van der Waals surface area contributed by atoms with Crippen LogP contribution in [0.3, 0.4) is 0 Å². The van der Waals surface area contributed by atoms with Crippen molar-refractivity contribution < 1.29 is 28.2 Å². The number of likely N-dealkylation sites (tertiary alicyclic amines) is 1. The van der Waals surface area contributed by atoms with Gasteiger partial charge in [0.25, 0.3) is 5.91 Å². The minimum Gasteiger partial charge on any atom is -0.497 e. The molecular formula is C27H32FN3O5. The Balaban J connectivity index is 1.50. The number of piperidine rings is 1. The third kappa shape index (κ3) is 5.36. The van der Waals surface area contributed by atoms with Crippen molar-refractivity contribution in [3.63, 3.8) is 0 Å². The summed E-state index contributed by atoms with van der Waals surface area (Å²) in [7, 11) is 3.10. The van der Waals surface area contributed by atoms with Crippen LogP contribution in [0.25, 0.3) is 0 Å². The van der Waals surface area contributed by atoms with Crippen molar-refractivity contribution in [3.05, 3.63) is 65.5 Å². The second kappa shape index (κ2) is 11.1. The van der Waals surface area contributed by atoms with Gasteiger partial charge < -0.3 is 19.7 Å². The van der Waals surface area contributed by atoms with E-state index >= 15 is 0 Å². The molecule has 2 aromatic carbocycles. The molecule has 9 heteroatoms. The van der Waals surface area contributed by atoms with Crippen LogP contribution in [0.2, 0.25) is 0 Å². The van der Waals surface area contributed by atoms with E-state index in [4.69, 9.17) is 9.47 Å². The summed E-state index contributed by atoms with van der Waals surface area (Å²) < 4.78 is 24.3. The molecule has 36 heavy (non-hydrogen) atoms. The molecule has 2 heterocycles. The first-order valence-corrected chi connectivity index (χ1v) is 12.1. The zero-order valence-electron chi connectivity index (χ0n) is 20.7. The number of hydrogen-bond donors (Lipinski definition) is 1. The Kier molecular flexibility index (Phi) is 7.88. The zero-order chi connectivity index (χ0) is 25.7. The lowest BCUT2D eigenvalue weighted by molar-refractivity contribution is -0.136. The molecule has 2 aromatic rings. The number of carbonyl (C=O) groups excluding carboxylic acids is 3. The van der Waals surface area contributed by atoms with Crippen molar-refractivity contribution in [1.82, 2.24) is 15.1 Å². The minimum absolute atomic E-state index is 0.00406. The normalized spacial score (nSPS) is 20.5. The number of ether oxygens (including phenoxy) is 2. The third-order valence-electron chi connectivity index (χ3n) is 7.13. The maximum Gasteiger partial charge on any atom is 0.325 e. The van der Waals surface area contributed by atoms with Gasteiger partial charge in [0.05, 0.1) is 26.7 Å². The maximum atomic E-state index is 13.9. The number of nitrogens with zero attached hydrogens (tertiary/aromatic N) is 2. The van der Waals surface area contributed by atoms with Gasteiger partial charge in [0.15, 0.2) is 0 Å². The lowest BCUT2D eigenvalue weighted by Gasteiger charge is -2.41. The smallest absolute Gasteiger partial charge is 0.325 e. The highest BCUT2D eigenvalue weighted by molar-refractivity contribution is 6.07. The Bertz CT molecular complexity index is 1120. The molecule has 192 valence electrons. The van der Waals surface area contributed by atoms with Crippen molar-refractivity contribution in [2.45, 2.75) is 31.2 Å². The van der Waals surface area contributed by atoms with Crippen LogP contribution < -0.4 is 10.1 Å². The lowest BCUT2D eigenvalue weighted by atomic mass is 9.74. The number of urea groups is 1. The topological polar surface area (TPSA) is 88.2 Å². The summed E-state index contributed by atoms with van der Waals surface area (Å²) in [6.45, 7) is 1.32. The van der Waals surface area contributed by atoms with Crippen molar-refractivity contribution >= 4 is 17.8 Å².